The van der Waals surface area contributed by atoms with Gasteiger partial charge in [0.05, 0.1) is 31.1 Å². The van der Waals surface area contributed by atoms with Crippen LogP contribution in [0.3, 0.4) is 0 Å². The monoisotopic (exact) mass is 380 g/mol. The largest absolute Gasteiger partial charge is 0.494 e. The molecule has 4 rings (SSSR count). The highest BCUT2D eigenvalue weighted by atomic mass is 16.5. The summed E-state index contributed by atoms with van der Waals surface area (Å²) in [5.41, 5.74) is 1.80. The molecule has 0 fully saturated rings. The fourth-order valence-electron chi connectivity index (χ4n) is 2.79. The van der Waals surface area contributed by atoms with Crippen LogP contribution in [0.15, 0.2) is 69.9 Å². The summed E-state index contributed by atoms with van der Waals surface area (Å²) in [5.74, 6) is 1.84. The van der Waals surface area contributed by atoms with Crippen molar-refractivity contribution in [1.29, 1.82) is 0 Å². The summed E-state index contributed by atoms with van der Waals surface area (Å²) < 4.78 is 21.8. The molecular formula is C24H28O4. The smallest absolute Gasteiger partial charge is 0.137 e. The van der Waals surface area contributed by atoms with Gasteiger partial charge in [-0.25, -0.2) is 0 Å². The zero-order valence-electron chi connectivity index (χ0n) is 16.6. The highest BCUT2D eigenvalue weighted by molar-refractivity contribution is 5.83. The summed E-state index contributed by atoms with van der Waals surface area (Å²) in [5, 5.41) is 2.16. The SMILES string of the molecule is CCCCOc1ccc2occc2c1.CCCCOc1cccc2occc12. The summed E-state index contributed by atoms with van der Waals surface area (Å²) in [4.78, 5) is 0. The minimum atomic E-state index is 0.779. The number of rotatable bonds is 8. The third-order valence-corrected chi connectivity index (χ3v) is 4.40. The van der Waals surface area contributed by atoms with E-state index in [0.717, 1.165) is 72.3 Å². The van der Waals surface area contributed by atoms with Crippen LogP contribution >= 0.6 is 0 Å². The first-order valence-electron chi connectivity index (χ1n) is 10.0. The Bertz CT molecular complexity index is 966. The Morgan fingerprint density at radius 1 is 0.750 bits per heavy atom. The molecule has 4 nitrogen and oxygen atoms in total. The van der Waals surface area contributed by atoms with Crippen molar-refractivity contribution < 1.29 is 18.3 Å². The Balaban J connectivity index is 0.000000161. The molecule has 0 radical (unpaired) electrons. The second-order valence-electron chi connectivity index (χ2n) is 6.61. The van der Waals surface area contributed by atoms with E-state index in [0.29, 0.717) is 0 Å². The molecule has 0 saturated carbocycles. The molecular weight excluding hydrogens is 352 g/mol. The van der Waals surface area contributed by atoms with Crippen LogP contribution in [-0.4, -0.2) is 13.2 Å². The lowest BCUT2D eigenvalue weighted by Gasteiger charge is -2.05. The molecule has 0 N–H and O–H groups in total. The van der Waals surface area contributed by atoms with Crippen LogP contribution in [0.1, 0.15) is 39.5 Å². The van der Waals surface area contributed by atoms with Crippen LogP contribution in [0.2, 0.25) is 0 Å². The van der Waals surface area contributed by atoms with Crippen molar-refractivity contribution in [3.8, 4) is 11.5 Å². The molecule has 2 heterocycles. The molecule has 4 aromatic rings. The molecule has 0 unspecified atom stereocenters. The Morgan fingerprint density at radius 3 is 2.32 bits per heavy atom. The van der Waals surface area contributed by atoms with E-state index in [2.05, 4.69) is 13.8 Å². The van der Waals surface area contributed by atoms with Gasteiger partial charge >= 0.3 is 0 Å². The van der Waals surface area contributed by atoms with E-state index < -0.39 is 0 Å². The van der Waals surface area contributed by atoms with Crippen LogP contribution in [0, 0.1) is 0 Å². The molecule has 148 valence electrons. The van der Waals surface area contributed by atoms with Gasteiger partial charge in [0.1, 0.15) is 22.7 Å². The van der Waals surface area contributed by atoms with Gasteiger partial charge in [0.25, 0.3) is 0 Å². The summed E-state index contributed by atoms with van der Waals surface area (Å²) in [7, 11) is 0. The lowest BCUT2D eigenvalue weighted by atomic mass is 10.2. The average molecular weight is 380 g/mol. The molecule has 0 atom stereocenters. The maximum Gasteiger partial charge on any atom is 0.137 e. The first-order valence-corrected chi connectivity index (χ1v) is 10.0. The number of furan rings is 2. The van der Waals surface area contributed by atoms with E-state index in [-0.39, 0.29) is 0 Å². The maximum absolute atomic E-state index is 5.66. The lowest BCUT2D eigenvalue weighted by Crippen LogP contribution is -1.96. The van der Waals surface area contributed by atoms with E-state index in [4.69, 9.17) is 18.3 Å². The van der Waals surface area contributed by atoms with Crippen LogP contribution in [0.5, 0.6) is 11.5 Å². The van der Waals surface area contributed by atoms with Crippen molar-refractivity contribution in [2.75, 3.05) is 13.2 Å². The zero-order valence-corrected chi connectivity index (χ0v) is 16.6. The minimum Gasteiger partial charge on any atom is -0.494 e. The van der Waals surface area contributed by atoms with E-state index >= 15 is 0 Å². The standard InChI is InChI=1S/2C12H14O2/c1-2-3-7-13-11-4-5-12-10(9-11)6-8-14-12;1-2-3-8-13-11-5-4-6-12-10(11)7-9-14-12/h4-6,8-9H,2-3,7H2,1H3;4-7,9H,2-3,8H2,1H3. The van der Waals surface area contributed by atoms with Gasteiger partial charge < -0.3 is 18.3 Å². The van der Waals surface area contributed by atoms with Gasteiger partial charge in [0, 0.05) is 5.39 Å². The van der Waals surface area contributed by atoms with E-state index in [1.165, 1.54) is 0 Å². The molecule has 0 bridgehead atoms. The number of hydrogen-bond donors (Lipinski definition) is 0. The molecule has 0 spiro atoms. The van der Waals surface area contributed by atoms with Gasteiger partial charge in [-0.2, -0.15) is 0 Å². The number of benzene rings is 2. The van der Waals surface area contributed by atoms with E-state index in [1.54, 1.807) is 12.5 Å². The predicted molar refractivity (Wildman–Crippen MR) is 113 cm³/mol. The van der Waals surface area contributed by atoms with E-state index in [1.807, 2.05) is 48.5 Å². The zero-order chi connectivity index (χ0) is 19.6. The summed E-state index contributed by atoms with van der Waals surface area (Å²) >= 11 is 0. The Morgan fingerprint density at radius 2 is 1.50 bits per heavy atom. The highest BCUT2D eigenvalue weighted by Crippen LogP contribution is 2.26. The van der Waals surface area contributed by atoms with Crippen molar-refractivity contribution >= 4 is 21.9 Å². The highest BCUT2D eigenvalue weighted by Gasteiger charge is 2.03. The van der Waals surface area contributed by atoms with Crippen LogP contribution in [0.25, 0.3) is 21.9 Å². The first-order chi connectivity index (χ1) is 13.8. The quantitative estimate of drug-likeness (QED) is 0.303. The van der Waals surface area contributed by atoms with Gasteiger partial charge in [-0.05, 0) is 55.3 Å². The molecule has 4 heteroatoms. The van der Waals surface area contributed by atoms with E-state index in [9.17, 15) is 0 Å². The van der Waals surface area contributed by atoms with Gasteiger partial charge in [-0.15, -0.1) is 0 Å². The third kappa shape index (κ3) is 5.32. The molecule has 0 aliphatic carbocycles. The molecule has 0 aliphatic rings. The Hall–Kier alpha value is -2.88. The molecule has 2 aromatic carbocycles. The fourth-order valence-corrected chi connectivity index (χ4v) is 2.79. The van der Waals surface area contributed by atoms with Crippen LogP contribution < -0.4 is 9.47 Å². The number of fused-ring (bicyclic) bond motifs is 2. The lowest BCUT2D eigenvalue weighted by molar-refractivity contribution is 0.309. The Kier molecular flexibility index (Phi) is 7.42. The number of ether oxygens (including phenoxy) is 2. The van der Waals surface area contributed by atoms with Crippen molar-refractivity contribution in [3.63, 3.8) is 0 Å². The van der Waals surface area contributed by atoms with Gasteiger partial charge in [0.2, 0.25) is 0 Å². The average Bonchev–Trinajstić information content (AvgIpc) is 3.38. The minimum absolute atomic E-state index is 0.779. The number of unbranched alkanes of at least 4 members (excludes halogenated alkanes) is 2. The summed E-state index contributed by atoms with van der Waals surface area (Å²) in [6, 6.07) is 15.7. The molecule has 0 aliphatic heterocycles. The predicted octanol–water partition coefficient (Wildman–Crippen LogP) is 7.22. The van der Waals surface area contributed by atoms with Crippen molar-refractivity contribution in [2.45, 2.75) is 39.5 Å². The molecule has 0 amide bonds. The Labute approximate surface area is 166 Å². The second-order valence-corrected chi connectivity index (χ2v) is 6.61. The normalized spacial score (nSPS) is 10.6. The van der Waals surface area contributed by atoms with Crippen molar-refractivity contribution in [1.82, 2.24) is 0 Å². The summed E-state index contributed by atoms with van der Waals surface area (Å²) in [6.07, 6.45) is 7.89. The van der Waals surface area contributed by atoms with Crippen LogP contribution in [-0.2, 0) is 0 Å². The molecule has 2 aromatic heterocycles. The van der Waals surface area contributed by atoms with Crippen molar-refractivity contribution in [3.05, 3.63) is 61.1 Å². The third-order valence-electron chi connectivity index (χ3n) is 4.40. The fraction of sp³-hybridized carbons (Fsp3) is 0.333. The topological polar surface area (TPSA) is 44.7 Å². The van der Waals surface area contributed by atoms with Gasteiger partial charge in [-0.1, -0.05) is 32.8 Å². The van der Waals surface area contributed by atoms with Crippen molar-refractivity contribution in [2.24, 2.45) is 0 Å². The molecule has 0 saturated heterocycles. The first kappa shape index (κ1) is 19.9. The van der Waals surface area contributed by atoms with Crippen LogP contribution in [0.4, 0.5) is 0 Å². The maximum atomic E-state index is 5.66. The second kappa shape index (κ2) is 10.5. The summed E-state index contributed by atoms with van der Waals surface area (Å²) in [6.45, 7) is 5.88. The van der Waals surface area contributed by atoms with Gasteiger partial charge in [-0.3, -0.25) is 0 Å². The van der Waals surface area contributed by atoms with Gasteiger partial charge in [0.15, 0.2) is 0 Å². The molecule has 28 heavy (non-hydrogen) atoms. The number of hydrogen-bond acceptors (Lipinski definition) is 4.